The van der Waals surface area contributed by atoms with Gasteiger partial charge >= 0.3 is 5.97 Å². The number of nitrogens with zero attached hydrogens (tertiary/aromatic N) is 1. The first kappa shape index (κ1) is 17.2. The van der Waals surface area contributed by atoms with Crippen molar-refractivity contribution in [3.05, 3.63) is 53.1 Å². The minimum atomic E-state index is -1.39. The van der Waals surface area contributed by atoms with Crippen LogP contribution in [0.3, 0.4) is 0 Å². The monoisotopic (exact) mass is 346 g/mol. The fourth-order valence-electron chi connectivity index (χ4n) is 3.15. The molecule has 1 aliphatic heterocycles. The predicted molar refractivity (Wildman–Crippen MR) is 88.5 cm³/mol. The number of hydrogen-bond acceptors (Lipinski definition) is 3. The van der Waals surface area contributed by atoms with Crippen LogP contribution in [-0.2, 0) is 9.53 Å². The van der Waals surface area contributed by atoms with E-state index in [-0.39, 0.29) is 18.8 Å². The standard InChI is InChI=1S/C18H19FN2O4/c1-11-9-15(12(2)21(11)14-5-3-13(19)4-6-14)16(22)20-18(17(23)24)7-8-25-10-18/h3-6,9H,7-8,10H2,1-2H3,(H,20,22)(H,23,24). The maximum absolute atomic E-state index is 13.1. The summed E-state index contributed by atoms with van der Waals surface area (Å²) in [6.45, 7) is 3.84. The highest BCUT2D eigenvalue weighted by Crippen LogP contribution is 2.24. The van der Waals surface area contributed by atoms with Crippen LogP contribution in [0.4, 0.5) is 4.39 Å². The van der Waals surface area contributed by atoms with E-state index in [1.165, 1.54) is 12.1 Å². The SMILES string of the molecule is Cc1cc(C(=O)NC2(C(=O)O)CCOC2)c(C)n1-c1ccc(F)cc1. The van der Waals surface area contributed by atoms with Gasteiger partial charge in [0.05, 0.1) is 12.2 Å². The van der Waals surface area contributed by atoms with Crippen molar-refractivity contribution in [2.75, 3.05) is 13.2 Å². The van der Waals surface area contributed by atoms with Gasteiger partial charge in [0, 0.05) is 30.1 Å². The number of rotatable bonds is 4. The summed E-state index contributed by atoms with van der Waals surface area (Å²) in [5.74, 6) is -1.91. The molecule has 1 fully saturated rings. The fraction of sp³-hybridized carbons (Fsp3) is 0.333. The summed E-state index contributed by atoms with van der Waals surface area (Å²) < 4.78 is 20.1. The van der Waals surface area contributed by atoms with Gasteiger partial charge in [-0.1, -0.05) is 0 Å². The zero-order valence-electron chi connectivity index (χ0n) is 14.0. The van der Waals surface area contributed by atoms with E-state index in [0.29, 0.717) is 17.9 Å². The van der Waals surface area contributed by atoms with E-state index in [0.717, 1.165) is 11.4 Å². The number of carboxylic acids is 1. The summed E-state index contributed by atoms with van der Waals surface area (Å²) in [7, 11) is 0. The van der Waals surface area contributed by atoms with Gasteiger partial charge in [-0.25, -0.2) is 9.18 Å². The Bertz CT molecular complexity index is 820. The number of aryl methyl sites for hydroxylation is 1. The van der Waals surface area contributed by atoms with Crippen molar-refractivity contribution in [1.82, 2.24) is 9.88 Å². The maximum Gasteiger partial charge on any atom is 0.331 e. The lowest BCUT2D eigenvalue weighted by molar-refractivity contribution is -0.144. The third kappa shape index (κ3) is 3.02. The van der Waals surface area contributed by atoms with Crippen LogP contribution in [0.25, 0.3) is 5.69 Å². The second-order valence-electron chi connectivity index (χ2n) is 6.24. The van der Waals surface area contributed by atoms with Gasteiger partial charge in [0.1, 0.15) is 5.82 Å². The topological polar surface area (TPSA) is 80.6 Å². The van der Waals surface area contributed by atoms with Crippen molar-refractivity contribution in [3.8, 4) is 5.69 Å². The van der Waals surface area contributed by atoms with E-state index in [1.807, 2.05) is 11.5 Å². The van der Waals surface area contributed by atoms with Crippen LogP contribution in [0, 0.1) is 19.7 Å². The van der Waals surface area contributed by atoms with Crippen LogP contribution in [0.1, 0.15) is 28.2 Å². The minimum absolute atomic E-state index is 0.0508. The quantitative estimate of drug-likeness (QED) is 0.889. The van der Waals surface area contributed by atoms with E-state index in [4.69, 9.17) is 4.74 Å². The molecule has 7 heteroatoms. The second-order valence-corrected chi connectivity index (χ2v) is 6.24. The Morgan fingerprint density at radius 1 is 1.28 bits per heavy atom. The van der Waals surface area contributed by atoms with Gasteiger partial charge in [-0.15, -0.1) is 0 Å². The molecule has 2 aromatic rings. The van der Waals surface area contributed by atoms with Crippen LogP contribution in [0.2, 0.25) is 0 Å². The van der Waals surface area contributed by atoms with E-state index in [1.54, 1.807) is 25.1 Å². The van der Waals surface area contributed by atoms with E-state index in [2.05, 4.69) is 5.32 Å². The molecular weight excluding hydrogens is 327 g/mol. The van der Waals surface area contributed by atoms with Gasteiger partial charge in [-0.2, -0.15) is 0 Å². The zero-order valence-corrected chi connectivity index (χ0v) is 14.0. The highest BCUT2D eigenvalue weighted by atomic mass is 19.1. The van der Waals surface area contributed by atoms with Crippen molar-refractivity contribution in [2.24, 2.45) is 0 Å². The predicted octanol–water partition coefficient (Wildman–Crippen LogP) is 2.21. The number of hydrogen-bond donors (Lipinski definition) is 2. The molecule has 132 valence electrons. The molecule has 6 nitrogen and oxygen atoms in total. The van der Waals surface area contributed by atoms with E-state index >= 15 is 0 Å². The van der Waals surface area contributed by atoms with Crippen molar-refractivity contribution in [1.29, 1.82) is 0 Å². The lowest BCUT2D eigenvalue weighted by Crippen LogP contribution is -2.55. The average Bonchev–Trinajstić information content (AvgIpc) is 3.14. The molecule has 1 atom stereocenters. The second kappa shape index (κ2) is 6.33. The Morgan fingerprint density at radius 2 is 1.96 bits per heavy atom. The van der Waals surface area contributed by atoms with Crippen LogP contribution in [0.15, 0.2) is 30.3 Å². The van der Waals surface area contributed by atoms with E-state index in [9.17, 15) is 19.1 Å². The summed E-state index contributed by atoms with van der Waals surface area (Å²) in [6.07, 6.45) is 0.227. The summed E-state index contributed by atoms with van der Waals surface area (Å²) in [5.41, 5.74) is 1.17. The van der Waals surface area contributed by atoms with Gasteiger partial charge in [0.25, 0.3) is 5.91 Å². The molecule has 1 aromatic carbocycles. The molecule has 1 aromatic heterocycles. The maximum atomic E-state index is 13.1. The Morgan fingerprint density at radius 3 is 2.52 bits per heavy atom. The summed E-state index contributed by atoms with van der Waals surface area (Å²) >= 11 is 0. The van der Waals surface area contributed by atoms with Crippen molar-refractivity contribution in [2.45, 2.75) is 25.8 Å². The molecule has 3 rings (SSSR count). The van der Waals surface area contributed by atoms with Crippen LogP contribution in [0.5, 0.6) is 0 Å². The molecule has 0 aliphatic carbocycles. The normalized spacial score (nSPS) is 19.8. The molecule has 0 spiro atoms. The van der Waals surface area contributed by atoms with E-state index < -0.39 is 17.4 Å². The number of amides is 1. The molecule has 1 amide bonds. The lowest BCUT2D eigenvalue weighted by Gasteiger charge is -2.23. The molecule has 0 bridgehead atoms. The van der Waals surface area contributed by atoms with Crippen molar-refractivity contribution < 1.29 is 23.8 Å². The number of aromatic nitrogens is 1. The molecule has 0 radical (unpaired) electrons. The Hall–Kier alpha value is -2.67. The van der Waals surface area contributed by atoms with Crippen LogP contribution < -0.4 is 5.32 Å². The average molecular weight is 346 g/mol. The van der Waals surface area contributed by atoms with Crippen LogP contribution in [-0.4, -0.2) is 40.3 Å². The number of carbonyl (C=O) groups is 2. The molecule has 2 N–H and O–H groups in total. The molecule has 2 heterocycles. The number of ether oxygens (including phenoxy) is 1. The number of aliphatic carboxylic acids is 1. The molecule has 0 saturated carbocycles. The largest absolute Gasteiger partial charge is 0.479 e. The highest BCUT2D eigenvalue weighted by molar-refractivity contribution is 5.99. The number of carboxylic acid groups (broad SMARTS) is 1. The minimum Gasteiger partial charge on any atom is -0.479 e. The van der Waals surface area contributed by atoms with Crippen molar-refractivity contribution >= 4 is 11.9 Å². The lowest BCUT2D eigenvalue weighted by atomic mass is 9.98. The number of nitrogens with one attached hydrogen (secondary N) is 1. The fourth-order valence-corrected chi connectivity index (χ4v) is 3.15. The Balaban J connectivity index is 1.93. The summed E-state index contributed by atoms with van der Waals surface area (Å²) in [6, 6.07) is 7.65. The number of halogens is 1. The Labute approximate surface area is 144 Å². The highest BCUT2D eigenvalue weighted by Gasteiger charge is 2.44. The summed E-state index contributed by atoms with van der Waals surface area (Å²) in [4.78, 5) is 24.2. The first-order valence-corrected chi connectivity index (χ1v) is 7.92. The van der Waals surface area contributed by atoms with Gasteiger partial charge in [-0.3, -0.25) is 4.79 Å². The first-order valence-electron chi connectivity index (χ1n) is 7.92. The smallest absolute Gasteiger partial charge is 0.331 e. The third-order valence-corrected chi connectivity index (χ3v) is 4.54. The van der Waals surface area contributed by atoms with Crippen LogP contribution >= 0.6 is 0 Å². The van der Waals surface area contributed by atoms with Gasteiger partial charge in [-0.05, 0) is 44.2 Å². The van der Waals surface area contributed by atoms with Gasteiger partial charge in [0.2, 0.25) is 0 Å². The number of carbonyl (C=O) groups excluding carboxylic acids is 1. The molecule has 1 aliphatic rings. The number of benzene rings is 1. The molecule has 1 unspecified atom stereocenters. The van der Waals surface area contributed by atoms with Gasteiger partial charge < -0.3 is 19.7 Å². The summed E-state index contributed by atoms with van der Waals surface area (Å²) in [5, 5.41) is 12.1. The Kier molecular flexibility index (Phi) is 4.34. The molecule has 1 saturated heterocycles. The molecule has 25 heavy (non-hydrogen) atoms. The first-order chi connectivity index (χ1) is 11.8. The van der Waals surface area contributed by atoms with Gasteiger partial charge in [0.15, 0.2) is 5.54 Å². The third-order valence-electron chi connectivity index (χ3n) is 4.54. The van der Waals surface area contributed by atoms with Crippen molar-refractivity contribution in [3.63, 3.8) is 0 Å². The zero-order chi connectivity index (χ0) is 18.2. The molecular formula is C18H19FN2O4.